The van der Waals surface area contributed by atoms with E-state index in [0.717, 1.165) is 22.6 Å². The summed E-state index contributed by atoms with van der Waals surface area (Å²) in [6, 6.07) is 11.8. The summed E-state index contributed by atoms with van der Waals surface area (Å²) in [6.07, 6.45) is 1.83. The minimum Gasteiger partial charge on any atom is -0.340 e. The van der Waals surface area contributed by atoms with E-state index in [2.05, 4.69) is 21.4 Å². The van der Waals surface area contributed by atoms with Gasteiger partial charge in [0.05, 0.1) is 17.9 Å². The zero-order valence-corrected chi connectivity index (χ0v) is 10.5. The van der Waals surface area contributed by atoms with Crippen LogP contribution in [0.1, 0.15) is 17.4 Å². The molecule has 4 heteroatoms. The lowest BCUT2D eigenvalue weighted by Crippen LogP contribution is -2.13. The first-order chi connectivity index (χ1) is 8.84. The van der Waals surface area contributed by atoms with Crippen LogP contribution in [0.25, 0.3) is 11.3 Å². The van der Waals surface area contributed by atoms with Crippen molar-refractivity contribution < 1.29 is 0 Å². The summed E-state index contributed by atoms with van der Waals surface area (Å²) in [6.45, 7) is 0. The maximum absolute atomic E-state index is 6.19. The van der Waals surface area contributed by atoms with Gasteiger partial charge in [-0.05, 0) is 17.0 Å². The number of nitrogens with one attached hydrogen (secondary N) is 1. The third-order valence-corrected chi connectivity index (χ3v) is 3.56. The molecule has 3 aromatic rings. The lowest BCUT2D eigenvalue weighted by Gasteiger charge is -2.08. The third kappa shape index (κ3) is 2.08. The quantitative estimate of drug-likeness (QED) is 0.755. The van der Waals surface area contributed by atoms with E-state index in [-0.39, 0.29) is 6.04 Å². The number of nitrogens with two attached hydrogens (primary N) is 1. The molecule has 0 aliphatic rings. The molecule has 0 spiro atoms. The van der Waals surface area contributed by atoms with Crippen LogP contribution in [0.2, 0.25) is 0 Å². The van der Waals surface area contributed by atoms with Gasteiger partial charge < -0.3 is 10.7 Å². The van der Waals surface area contributed by atoms with Crippen LogP contribution in [-0.2, 0) is 0 Å². The summed E-state index contributed by atoms with van der Waals surface area (Å²) in [5, 5.41) is 4.14. The topological polar surface area (TPSA) is 54.7 Å². The molecule has 3 N–H and O–H groups in total. The van der Waals surface area contributed by atoms with E-state index in [0.29, 0.717) is 0 Å². The van der Waals surface area contributed by atoms with Crippen LogP contribution in [0.15, 0.2) is 53.4 Å². The lowest BCUT2D eigenvalue weighted by molar-refractivity contribution is 0.801. The number of H-pyrrole nitrogens is 1. The molecular formula is C14H13N3S. The maximum atomic E-state index is 6.19. The average molecular weight is 255 g/mol. The summed E-state index contributed by atoms with van der Waals surface area (Å²) in [5.74, 6) is 0.794. The van der Waals surface area contributed by atoms with Crippen LogP contribution in [0.4, 0.5) is 0 Å². The Morgan fingerprint density at radius 3 is 2.72 bits per heavy atom. The molecule has 0 aliphatic carbocycles. The molecular weight excluding hydrogens is 242 g/mol. The van der Waals surface area contributed by atoms with Gasteiger partial charge in [0.25, 0.3) is 0 Å². The van der Waals surface area contributed by atoms with E-state index in [1.165, 1.54) is 0 Å². The molecule has 90 valence electrons. The van der Waals surface area contributed by atoms with E-state index in [4.69, 9.17) is 5.73 Å². The van der Waals surface area contributed by atoms with Crippen molar-refractivity contribution in [1.29, 1.82) is 0 Å². The Labute approximate surface area is 109 Å². The molecule has 18 heavy (non-hydrogen) atoms. The van der Waals surface area contributed by atoms with E-state index >= 15 is 0 Å². The average Bonchev–Trinajstić information content (AvgIpc) is 3.09. The fraction of sp³-hybridized carbons (Fsp3) is 0.0714. The first-order valence-corrected chi connectivity index (χ1v) is 6.67. The molecule has 0 aliphatic heterocycles. The minimum atomic E-state index is -0.210. The summed E-state index contributed by atoms with van der Waals surface area (Å²) >= 11 is 1.67. The van der Waals surface area contributed by atoms with E-state index in [1.807, 2.05) is 41.9 Å². The molecule has 1 unspecified atom stereocenters. The number of rotatable bonds is 3. The zero-order chi connectivity index (χ0) is 12.4. The monoisotopic (exact) mass is 255 g/mol. The van der Waals surface area contributed by atoms with Gasteiger partial charge in [0.2, 0.25) is 0 Å². The Morgan fingerprint density at radius 1 is 1.17 bits per heavy atom. The maximum Gasteiger partial charge on any atom is 0.128 e. The Balaban J connectivity index is 1.90. The second kappa shape index (κ2) is 4.76. The summed E-state index contributed by atoms with van der Waals surface area (Å²) in [4.78, 5) is 7.66. The highest BCUT2D eigenvalue weighted by molar-refractivity contribution is 7.08. The Morgan fingerprint density at radius 2 is 2.00 bits per heavy atom. The molecule has 0 radical (unpaired) electrons. The zero-order valence-electron chi connectivity index (χ0n) is 9.71. The van der Waals surface area contributed by atoms with Gasteiger partial charge >= 0.3 is 0 Å². The van der Waals surface area contributed by atoms with E-state index < -0.39 is 0 Å². The van der Waals surface area contributed by atoms with Gasteiger partial charge in [0.1, 0.15) is 5.82 Å². The summed E-state index contributed by atoms with van der Waals surface area (Å²) in [5.41, 5.74) is 9.41. The van der Waals surface area contributed by atoms with Crippen LogP contribution < -0.4 is 5.73 Å². The molecule has 1 atom stereocenters. The predicted octanol–water partition coefficient (Wildman–Crippen LogP) is 3.19. The largest absolute Gasteiger partial charge is 0.340 e. The Bertz CT molecular complexity index is 614. The number of imidazole rings is 1. The predicted molar refractivity (Wildman–Crippen MR) is 74.4 cm³/mol. The smallest absolute Gasteiger partial charge is 0.128 e. The molecule has 2 aromatic heterocycles. The Kier molecular flexibility index (Phi) is 2.96. The molecule has 0 amide bonds. The van der Waals surface area contributed by atoms with Crippen molar-refractivity contribution in [2.75, 3.05) is 0 Å². The number of thiophene rings is 1. The van der Waals surface area contributed by atoms with Gasteiger partial charge in [-0.3, -0.25) is 0 Å². The first-order valence-electron chi connectivity index (χ1n) is 5.72. The van der Waals surface area contributed by atoms with Gasteiger partial charge in [-0.2, -0.15) is 11.3 Å². The molecule has 3 rings (SSSR count). The van der Waals surface area contributed by atoms with E-state index in [1.54, 1.807) is 11.3 Å². The van der Waals surface area contributed by atoms with Gasteiger partial charge in [0.15, 0.2) is 0 Å². The highest BCUT2D eigenvalue weighted by Gasteiger charge is 2.12. The van der Waals surface area contributed by atoms with Crippen LogP contribution in [0.3, 0.4) is 0 Å². The lowest BCUT2D eigenvalue weighted by atomic mass is 10.1. The molecule has 0 fully saturated rings. The molecule has 0 bridgehead atoms. The normalized spacial score (nSPS) is 12.5. The van der Waals surface area contributed by atoms with Crippen molar-refractivity contribution >= 4 is 11.3 Å². The van der Waals surface area contributed by atoms with Gasteiger partial charge in [-0.1, -0.05) is 30.3 Å². The van der Waals surface area contributed by atoms with Crippen molar-refractivity contribution in [1.82, 2.24) is 9.97 Å². The van der Waals surface area contributed by atoms with Gasteiger partial charge in [-0.25, -0.2) is 4.98 Å². The highest BCUT2D eigenvalue weighted by Crippen LogP contribution is 2.23. The van der Waals surface area contributed by atoms with Crippen molar-refractivity contribution in [2.45, 2.75) is 6.04 Å². The standard InChI is InChI=1S/C14H13N3S/c15-13(10-4-2-1-3-5-10)14-16-8-12(17-14)11-6-7-18-9-11/h1-9,13H,15H2,(H,16,17). The molecule has 2 heterocycles. The van der Waals surface area contributed by atoms with Crippen molar-refractivity contribution in [2.24, 2.45) is 5.73 Å². The number of hydrogen-bond donors (Lipinski definition) is 2. The highest BCUT2D eigenvalue weighted by atomic mass is 32.1. The molecule has 0 saturated carbocycles. The van der Waals surface area contributed by atoms with E-state index in [9.17, 15) is 0 Å². The van der Waals surface area contributed by atoms with Crippen molar-refractivity contribution in [3.63, 3.8) is 0 Å². The van der Waals surface area contributed by atoms with Crippen LogP contribution in [-0.4, -0.2) is 9.97 Å². The Hall–Kier alpha value is -1.91. The fourth-order valence-electron chi connectivity index (χ4n) is 1.88. The number of hydrogen-bond acceptors (Lipinski definition) is 3. The van der Waals surface area contributed by atoms with Crippen molar-refractivity contribution in [3.8, 4) is 11.3 Å². The van der Waals surface area contributed by atoms with Crippen LogP contribution in [0, 0.1) is 0 Å². The SMILES string of the molecule is NC(c1ccccc1)c1ncc(-c2ccsc2)[nH]1. The van der Waals surface area contributed by atoms with Crippen LogP contribution in [0.5, 0.6) is 0 Å². The second-order valence-corrected chi connectivity index (χ2v) is 4.86. The van der Waals surface area contributed by atoms with Gasteiger partial charge in [-0.15, -0.1) is 0 Å². The number of aromatic amines is 1. The summed E-state index contributed by atoms with van der Waals surface area (Å²) < 4.78 is 0. The second-order valence-electron chi connectivity index (χ2n) is 4.08. The number of benzene rings is 1. The first kappa shape index (κ1) is 11.2. The van der Waals surface area contributed by atoms with Gasteiger partial charge in [0, 0.05) is 10.9 Å². The number of aromatic nitrogens is 2. The molecule has 0 saturated heterocycles. The molecule has 1 aromatic carbocycles. The summed E-state index contributed by atoms with van der Waals surface area (Å²) in [7, 11) is 0. The van der Waals surface area contributed by atoms with Crippen LogP contribution >= 0.6 is 11.3 Å². The third-order valence-electron chi connectivity index (χ3n) is 2.88. The minimum absolute atomic E-state index is 0.210. The fourth-order valence-corrected chi connectivity index (χ4v) is 2.53. The van der Waals surface area contributed by atoms with Crippen molar-refractivity contribution in [3.05, 3.63) is 64.7 Å². The number of nitrogens with zero attached hydrogens (tertiary/aromatic N) is 1. The molecule has 3 nitrogen and oxygen atoms in total.